The predicted octanol–water partition coefficient (Wildman–Crippen LogP) is 0.505. The highest BCUT2D eigenvalue weighted by Gasteiger charge is 1.83. The Bertz CT molecular complexity index is 66.8. The zero-order valence-electron chi connectivity index (χ0n) is 5.09. The lowest BCUT2D eigenvalue weighted by Crippen LogP contribution is -2.11. The molecule has 0 aromatic heterocycles. The van der Waals surface area contributed by atoms with Crippen molar-refractivity contribution in [3.63, 3.8) is 0 Å². The zero-order valence-corrected chi connectivity index (χ0v) is 6.73. The molecule has 0 aromatic rings. The molecule has 0 amide bonds. The van der Waals surface area contributed by atoms with Crippen LogP contribution < -0.4 is 11.5 Å². The van der Waals surface area contributed by atoms with E-state index in [0.29, 0.717) is 13.0 Å². The lowest BCUT2D eigenvalue weighted by atomic mass is 10.3. The van der Waals surface area contributed by atoms with E-state index in [4.69, 9.17) is 16.9 Å². The zero-order chi connectivity index (χ0) is 5.70. The molecule has 0 unspecified atom stereocenters. The average Bonchev–Trinajstić information content (AvgIpc) is 1.61. The molecule has 0 aliphatic carbocycles. The van der Waals surface area contributed by atoms with Gasteiger partial charge in [-0.1, -0.05) is 0 Å². The summed E-state index contributed by atoms with van der Waals surface area (Å²) in [7, 11) is 0. The number of hydrogen-bond acceptors (Lipinski definition) is 2. The number of rotatable bonds is 3. The molecule has 3 nitrogen and oxygen atoms in total. The Labute approximate surface area is 67.5 Å². The summed E-state index contributed by atoms with van der Waals surface area (Å²) in [4.78, 5) is 0. The summed E-state index contributed by atoms with van der Waals surface area (Å²) in [6.45, 7) is 0.625. The summed E-state index contributed by atoms with van der Waals surface area (Å²) in [5.41, 5.74) is 10.1. The normalized spacial score (nSPS) is 6.78. The molecule has 5 N–H and O–H groups in total. The van der Waals surface area contributed by atoms with Crippen LogP contribution in [0.4, 0.5) is 0 Å². The lowest BCUT2D eigenvalue weighted by Gasteiger charge is -1.90. The maximum atomic E-state index is 6.72. The summed E-state index contributed by atoms with van der Waals surface area (Å²) >= 11 is 0. The number of amidine groups is 1. The number of hydrogen-bond donors (Lipinski definition) is 3. The molecule has 0 aliphatic rings. The van der Waals surface area contributed by atoms with Crippen LogP contribution in [0.25, 0.3) is 0 Å². The second-order valence-electron chi connectivity index (χ2n) is 1.42. The van der Waals surface area contributed by atoms with Gasteiger partial charge in [0, 0.05) is 6.42 Å². The van der Waals surface area contributed by atoms with Gasteiger partial charge in [-0.15, -0.1) is 24.8 Å². The summed E-state index contributed by atoms with van der Waals surface area (Å²) in [5.74, 6) is 0.227. The molecular weight excluding hydrogens is 161 g/mol. The third-order valence-electron chi connectivity index (χ3n) is 0.650. The second kappa shape index (κ2) is 10.9. The molecule has 0 bridgehead atoms. The van der Waals surface area contributed by atoms with E-state index in [-0.39, 0.29) is 30.6 Å². The molecule has 0 radical (unpaired) electrons. The SMILES string of the molecule is Cl.Cl.N=C(N)CCCN. The van der Waals surface area contributed by atoms with Gasteiger partial charge in [-0.2, -0.15) is 0 Å². The van der Waals surface area contributed by atoms with E-state index in [1.165, 1.54) is 0 Å². The first kappa shape index (κ1) is 16.0. The quantitative estimate of drug-likeness (QED) is 0.430. The van der Waals surface area contributed by atoms with Crippen LogP contribution in [-0.2, 0) is 0 Å². The molecule has 0 aromatic carbocycles. The van der Waals surface area contributed by atoms with Crippen molar-refractivity contribution in [1.82, 2.24) is 0 Å². The Morgan fingerprint density at radius 2 is 1.78 bits per heavy atom. The van der Waals surface area contributed by atoms with Gasteiger partial charge in [0.2, 0.25) is 0 Å². The molecule has 58 valence electrons. The van der Waals surface area contributed by atoms with Gasteiger partial charge < -0.3 is 11.5 Å². The van der Waals surface area contributed by atoms with Crippen LogP contribution in [0.3, 0.4) is 0 Å². The van der Waals surface area contributed by atoms with Gasteiger partial charge in [0.1, 0.15) is 0 Å². The van der Waals surface area contributed by atoms with Crippen LogP contribution in [0.15, 0.2) is 0 Å². The fraction of sp³-hybridized carbons (Fsp3) is 0.750. The second-order valence-corrected chi connectivity index (χ2v) is 1.42. The molecule has 0 heterocycles. The minimum absolute atomic E-state index is 0. The summed E-state index contributed by atoms with van der Waals surface area (Å²) < 4.78 is 0. The molecular formula is C4H13Cl2N3. The minimum atomic E-state index is 0. The van der Waals surface area contributed by atoms with Crippen molar-refractivity contribution in [3.8, 4) is 0 Å². The molecule has 0 rings (SSSR count). The van der Waals surface area contributed by atoms with E-state index < -0.39 is 0 Å². The van der Waals surface area contributed by atoms with Gasteiger partial charge >= 0.3 is 0 Å². The van der Waals surface area contributed by atoms with Gasteiger partial charge in [0.25, 0.3) is 0 Å². The fourth-order valence-electron chi connectivity index (χ4n) is 0.293. The predicted molar refractivity (Wildman–Crippen MR) is 44.7 cm³/mol. The summed E-state index contributed by atoms with van der Waals surface area (Å²) in [6.07, 6.45) is 1.46. The van der Waals surface area contributed by atoms with Crippen LogP contribution in [0.1, 0.15) is 12.8 Å². The Kier molecular flexibility index (Phi) is 19.4. The van der Waals surface area contributed by atoms with Gasteiger partial charge in [-0.25, -0.2) is 0 Å². The fourth-order valence-corrected chi connectivity index (χ4v) is 0.293. The smallest absolute Gasteiger partial charge is 0.0905 e. The number of halogens is 2. The van der Waals surface area contributed by atoms with Crippen LogP contribution in [0.5, 0.6) is 0 Å². The molecule has 0 saturated carbocycles. The van der Waals surface area contributed by atoms with E-state index in [1.807, 2.05) is 0 Å². The van der Waals surface area contributed by atoms with Crippen LogP contribution >= 0.6 is 24.8 Å². The largest absolute Gasteiger partial charge is 0.388 e. The third-order valence-corrected chi connectivity index (χ3v) is 0.650. The van der Waals surface area contributed by atoms with Crippen molar-refractivity contribution < 1.29 is 0 Å². The molecule has 0 aliphatic heterocycles. The van der Waals surface area contributed by atoms with E-state index in [9.17, 15) is 0 Å². The van der Waals surface area contributed by atoms with Crippen molar-refractivity contribution in [2.24, 2.45) is 11.5 Å². The van der Waals surface area contributed by atoms with E-state index >= 15 is 0 Å². The van der Waals surface area contributed by atoms with E-state index in [0.717, 1.165) is 6.42 Å². The average molecular weight is 174 g/mol. The topological polar surface area (TPSA) is 75.9 Å². The first-order chi connectivity index (χ1) is 3.27. The van der Waals surface area contributed by atoms with Crippen molar-refractivity contribution in [2.45, 2.75) is 12.8 Å². The van der Waals surface area contributed by atoms with Crippen molar-refractivity contribution in [1.29, 1.82) is 5.41 Å². The highest BCUT2D eigenvalue weighted by molar-refractivity contribution is 5.85. The van der Waals surface area contributed by atoms with Gasteiger partial charge in [0.15, 0.2) is 0 Å². The highest BCUT2D eigenvalue weighted by atomic mass is 35.5. The first-order valence-electron chi connectivity index (χ1n) is 2.30. The Hall–Kier alpha value is 0.01000. The molecule has 0 spiro atoms. The lowest BCUT2D eigenvalue weighted by molar-refractivity contribution is 0.869. The van der Waals surface area contributed by atoms with Crippen molar-refractivity contribution in [3.05, 3.63) is 0 Å². The third kappa shape index (κ3) is 18.0. The highest BCUT2D eigenvalue weighted by Crippen LogP contribution is 1.80. The van der Waals surface area contributed by atoms with Crippen LogP contribution in [0.2, 0.25) is 0 Å². The molecule has 5 heteroatoms. The first-order valence-corrected chi connectivity index (χ1v) is 2.30. The molecule has 0 fully saturated rings. The number of nitrogens with one attached hydrogen (secondary N) is 1. The summed E-state index contributed by atoms with van der Waals surface area (Å²) in [6, 6.07) is 0. The minimum Gasteiger partial charge on any atom is -0.388 e. The van der Waals surface area contributed by atoms with Crippen LogP contribution in [-0.4, -0.2) is 12.4 Å². The Morgan fingerprint density at radius 3 is 1.89 bits per heavy atom. The molecule has 9 heavy (non-hydrogen) atoms. The molecule has 0 saturated heterocycles. The van der Waals surface area contributed by atoms with E-state index in [1.54, 1.807) is 0 Å². The van der Waals surface area contributed by atoms with Crippen molar-refractivity contribution in [2.75, 3.05) is 6.54 Å². The van der Waals surface area contributed by atoms with Crippen molar-refractivity contribution >= 4 is 30.6 Å². The van der Waals surface area contributed by atoms with E-state index in [2.05, 4.69) is 0 Å². The Balaban J connectivity index is -0.000000180. The Morgan fingerprint density at radius 1 is 1.33 bits per heavy atom. The van der Waals surface area contributed by atoms with Gasteiger partial charge in [-0.05, 0) is 13.0 Å². The standard InChI is InChI=1S/C4H11N3.2ClH/c5-3-1-2-4(6)7;;/h1-3,5H2,(H3,6,7);2*1H. The number of nitrogens with two attached hydrogens (primary N) is 2. The monoisotopic (exact) mass is 173 g/mol. The summed E-state index contributed by atoms with van der Waals surface area (Å²) in [5, 5.41) is 6.72. The van der Waals surface area contributed by atoms with Gasteiger partial charge in [0.05, 0.1) is 5.84 Å². The van der Waals surface area contributed by atoms with Crippen LogP contribution in [0, 0.1) is 5.41 Å². The molecule has 0 atom stereocenters. The maximum absolute atomic E-state index is 6.72. The maximum Gasteiger partial charge on any atom is 0.0905 e. The van der Waals surface area contributed by atoms with Gasteiger partial charge in [-0.3, -0.25) is 5.41 Å².